The molecular formula is C19H24FN7O. The number of amides is 1. The zero-order chi connectivity index (χ0) is 19.7. The summed E-state index contributed by atoms with van der Waals surface area (Å²) < 4.78 is 15.1. The van der Waals surface area contributed by atoms with Gasteiger partial charge in [-0.15, -0.1) is 0 Å². The number of nitrogens with zero attached hydrogens (tertiary/aromatic N) is 4. The number of anilines is 2. The number of primary amides is 1. The van der Waals surface area contributed by atoms with E-state index in [2.05, 4.69) is 20.3 Å². The maximum Gasteiger partial charge on any atom is 0.254 e. The van der Waals surface area contributed by atoms with Crippen molar-refractivity contribution in [3.05, 3.63) is 36.0 Å². The van der Waals surface area contributed by atoms with E-state index in [0.29, 0.717) is 11.7 Å². The van der Waals surface area contributed by atoms with Gasteiger partial charge >= 0.3 is 0 Å². The molecule has 0 spiro atoms. The summed E-state index contributed by atoms with van der Waals surface area (Å²) in [6.07, 6.45) is 8.55. The second kappa shape index (κ2) is 7.67. The van der Waals surface area contributed by atoms with Gasteiger partial charge in [-0.05, 0) is 44.8 Å². The first-order chi connectivity index (χ1) is 13.5. The van der Waals surface area contributed by atoms with Gasteiger partial charge < -0.3 is 21.4 Å². The van der Waals surface area contributed by atoms with Crippen LogP contribution in [0.25, 0.3) is 0 Å². The van der Waals surface area contributed by atoms with Gasteiger partial charge in [-0.3, -0.25) is 9.48 Å². The lowest BCUT2D eigenvalue weighted by atomic mass is 9.81. The van der Waals surface area contributed by atoms with Gasteiger partial charge in [0.2, 0.25) is 5.95 Å². The van der Waals surface area contributed by atoms with E-state index in [-0.39, 0.29) is 23.3 Å². The Kier molecular flexibility index (Phi) is 5.08. The molecule has 3 atom stereocenters. The Bertz CT molecular complexity index is 879. The van der Waals surface area contributed by atoms with Gasteiger partial charge in [0.15, 0.2) is 5.82 Å². The molecule has 2 fully saturated rings. The van der Waals surface area contributed by atoms with Crippen LogP contribution in [0.5, 0.6) is 0 Å². The summed E-state index contributed by atoms with van der Waals surface area (Å²) in [7, 11) is 0. The maximum absolute atomic E-state index is 13.4. The average molecular weight is 385 g/mol. The van der Waals surface area contributed by atoms with Crippen LogP contribution >= 0.6 is 0 Å². The molecule has 0 aromatic carbocycles. The zero-order valence-corrected chi connectivity index (χ0v) is 15.5. The number of halogens is 1. The molecule has 4 rings (SSSR count). The van der Waals surface area contributed by atoms with Crippen molar-refractivity contribution in [1.82, 2.24) is 19.7 Å². The number of carbonyl (C=O) groups is 1. The molecule has 0 radical (unpaired) electrons. The van der Waals surface area contributed by atoms with Gasteiger partial charge in [-0.2, -0.15) is 9.49 Å². The number of aromatic nitrogens is 3. The molecule has 3 heterocycles. The van der Waals surface area contributed by atoms with Gasteiger partial charge in [0.05, 0.1) is 6.04 Å². The number of likely N-dealkylation sites (tertiary alicyclic amines) is 1. The summed E-state index contributed by atoms with van der Waals surface area (Å²) in [5.74, 6) is -0.903. The van der Waals surface area contributed by atoms with E-state index in [4.69, 9.17) is 11.1 Å². The molecule has 0 bridgehead atoms. The van der Waals surface area contributed by atoms with Crippen LogP contribution in [0.1, 0.15) is 42.1 Å². The standard InChI is InChI=1S/C19H24FN7O/c20-17-9-13(4-5-23-17)24-19-15(18(22)28)11-27(25-19)16-3-2-14(8-12(16)10-21)26-6-1-7-26/h4-5,9-12,14,16,21H,1-3,6-8H2,(H2,22,28)(H,23,24,25)/t12-,14-,16+/m1/s1. The van der Waals surface area contributed by atoms with E-state index in [1.807, 2.05) is 0 Å². The van der Waals surface area contributed by atoms with Crippen LogP contribution < -0.4 is 11.1 Å². The number of nitrogens with one attached hydrogen (secondary N) is 2. The van der Waals surface area contributed by atoms with Gasteiger partial charge in [0.25, 0.3) is 5.91 Å². The number of carbonyl (C=O) groups excluding carboxylic acids is 1. The largest absolute Gasteiger partial charge is 0.365 e. The SMILES string of the molecule is N=C[C@H]1C[C@H](N2CCC2)CC[C@@H]1n1cc(C(N)=O)c(Nc2ccnc(F)c2)n1. The van der Waals surface area contributed by atoms with Gasteiger partial charge in [0.1, 0.15) is 5.56 Å². The van der Waals surface area contributed by atoms with Crippen LogP contribution in [0.4, 0.5) is 15.9 Å². The summed E-state index contributed by atoms with van der Waals surface area (Å²) in [6, 6.07) is 3.33. The molecule has 1 amide bonds. The number of pyridine rings is 1. The molecule has 0 unspecified atom stereocenters. The third kappa shape index (κ3) is 3.62. The summed E-state index contributed by atoms with van der Waals surface area (Å²) in [6.45, 7) is 2.29. The zero-order valence-electron chi connectivity index (χ0n) is 15.5. The van der Waals surface area contributed by atoms with Gasteiger partial charge in [-0.1, -0.05) is 0 Å². The highest BCUT2D eigenvalue weighted by atomic mass is 19.1. The van der Waals surface area contributed by atoms with E-state index >= 15 is 0 Å². The molecule has 4 N–H and O–H groups in total. The smallest absolute Gasteiger partial charge is 0.254 e. The summed E-state index contributed by atoms with van der Waals surface area (Å²) in [5, 5.41) is 15.4. The first kappa shape index (κ1) is 18.5. The minimum absolute atomic E-state index is 0.00199. The van der Waals surface area contributed by atoms with Crippen molar-refractivity contribution in [3.63, 3.8) is 0 Å². The molecule has 28 heavy (non-hydrogen) atoms. The molecule has 2 aliphatic rings. The number of rotatable bonds is 6. The van der Waals surface area contributed by atoms with E-state index in [1.165, 1.54) is 24.9 Å². The fraction of sp³-hybridized carbons (Fsp3) is 0.474. The minimum atomic E-state index is -0.627. The number of hydrogen-bond donors (Lipinski definition) is 3. The van der Waals surface area contributed by atoms with Crippen molar-refractivity contribution >= 4 is 23.6 Å². The first-order valence-corrected chi connectivity index (χ1v) is 9.57. The Morgan fingerprint density at radius 3 is 2.86 bits per heavy atom. The molecule has 2 aromatic heterocycles. The molecule has 1 aliphatic heterocycles. The Hall–Kier alpha value is -2.81. The predicted octanol–water partition coefficient (Wildman–Crippen LogP) is 2.32. The van der Waals surface area contributed by atoms with Crippen LogP contribution in [0, 0.1) is 17.3 Å². The molecule has 148 valence electrons. The van der Waals surface area contributed by atoms with E-state index < -0.39 is 11.9 Å². The first-order valence-electron chi connectivity index (χ1n) is 9.57. The molecule has 1 saturated heterocycles. The van der Waals surface area contributed by atoms with Crippen LogP contribution in [0.2, 0.25) is 0 Å². The highest BCUT2D eigenvalue weighted by molar-refractivity contribution is 5.98. The van der Waals surface area contributed by atoms with Crippen molar-refractivity contribution in [1.29, 1.82) is 5.41 Å². The van der Waals surface area contributed by atoms with Crippen LogP contribution in [0.15, 0.2) is 24.5 Å². The summed E-state index contributed by atoms with van der Waals surface area (Å²) in [5.41, 5.74) is 6.20. The molecule has 2 aromatic rings. The molecule has 1 aliphatic carbocycles. The molecule has 8 nitrogen and oxygen atoms in total. The maximum atomic E-state index is 13.4. The van der Waals surface area contributed by atoms with E-state index in [0.717, 1.165) is 32.4 Å². The highest BCUT2D eigenvalue weighted by Crippen LogP contribution is 2.37. The lowest BCUT2D eigenvalue weighted by molar-refractivity contribution is 0.0679. The Labute approximate surface area is 162 Å². The number of nitrogens with two attached hydrogens (primary N) is 1. The minimum Gasteiger partial charge on any atom is -0.365 e. The van der Waals surface area contributed by atoms with Crippen molar-refractivity contribution in [3.8, 4) is 0 Å². The normalized spacial score (nSPS) is 25.1. The Balaban J connectivity index is 1.57. The topological polar surface area (TPSA) is 113 Å². The Morgan fingerprint density at radius 1 is 1.39 bits per heavy atom. The lowest BCUT2D eigenvalue weighted by Crippen LogP contribution is -2.48. The lowest BCUT2D eigenvalue weighted by Gasteiger charge is -2.44. The van der Waals surface area contributed by atoms with Crippen molar-refractivity contribution in [2.45, 2.75) is 37.8 Å². The van der Waals surface area contributed by atoms with E-state index in [1.54, 1.807) is 16.9 Å². The second-order valence-corrected chi connectivity index (χ2v) is 7.48. The molecule has 1 saturated carbocycles. The fourth-order valence-corrected chi connectivity index (χ4v) is 4.16. The Morgan fingerprint density at radius 2 is 2.21 bits per heavy atom. The van der Waals surface area contributed by atoms with Crippen molar-refractivity contribution in [2.75, 3.05) is 18.4 Å². The molecule has 9 heteroatoms. The van der Waals surface area contributed by atoms with Crippen LogP contribution in [-0.4, -0.2) is 50.9 Å². The van der Waals surface area contributed by atoms with Gasteiger partial charge in [-0.25, -0.2) is 4.98 Å². The predicted molar refractivity (Wildman–Crippen MR) is 103 cm³/mol. The number of hydrogen-bond acceptors (Lipinski definition) is 6. The average Bonchev–Trinajstić information content (AvgIpc) is 3.04. The third-order valence-electron chi connectivity index (χ3n) is 5.78. The molecular weight excluding hydrogens is 361 g/mol. The van der Waals surface area contributed by atoms with Crippen molar-refractivity contribution < 1.29 is 9.18 Å². The van der Waals surface area contributed by atoms with Crippen LogP contribution in [-0.2, 0) is 0 Å². The van der Waals surface area contributed by atoms with Crippen molar-refractivity contribution in [2.24, 2.45) is 11.7 Å². The monoisotopic (exact) mass is 385 g/mol. The van der Waals surface area contributed by atoms with Crippen LogP contribution in [0.3, 0.4) is 0 Å². The van der Waals surface area contributed by atoms with Gasteiger partial charge in [0, 0.05) is 42.3 Å². The highest BCUT2D eigenvalue weighted by Gasteiger charge is 2.36. The summed E-state index contributed by atoms with van der Waals surface area (Å²) in [4.78, 5) is 17.9. The summed E-state index contributed by atoms with van der Waals surface area (Å²) >= 11 is 0. The van der Waals surface area contributed by atoms with E-state index in [9.17, 15) is 9.18 Å². The third-order valence-corrected chi connectivity index (χ3v) is 5.78. The second-order valence-electron chi connectivity index (χ2n) is 7.48. The quantitative estimate of drug-likeness (QED) is 0.522. The fourth-order valence-electron chi connectivity index (χ4n) is 4.16.